The lowest BCUT2D eigenvalue weighted by Crippen LogP contribution is -2.13. The summed E-state index contributed by atoms with van der Waals surface area (Å²) in [5.41, 5.74) is 2.20. The van der Waals surface area contributed by atoms with E-state index in [0.29, 0.717) is 10.7 Å². The average Bonchev–Trinajstić information content (AvgIpc) is 3.35. The number of hydrogen-bond acceptors (Lipinski definition) is 6. The third-order valence-corrected chi connectivity index (χ3v) is 5.05. The normalized spacial score (nSPS) is 16.9. The first-order chi connectivity index (χ1) is 12.2. The van der Waals surface area contributed by atoms with Gasteiger partial charge >= 0.3 is 0 Å². The Morgan fingerprint density at radius 2 is 2.16 bits per heavy atom. The van der Waals surface area contributed by atoms with Crippen molar-refractivity contribution in [1.29, 1.82) is 0 Å². The van der Waals surface area contributed by atoms with Crippen LogP contribution in [0.4, 0.5) is 5.13 Å². The van der Waals surface area contributed by atoms with Crippen LogP contribution in [0.1, 0.15) is 40.0 Å². The van der Waals surface area contributed by atoms with Crippen LogP contribution in [0.25, 0.3) is 5.69 Å². The Bertz CT molecular complexity index is 884. The number of hydrogen-bond donors (Lipinski definition) is 1. The van der Waals surface area contributed by atoms with Crippen molar-refractivity contribution in [1.82, 2.24) is 20.0 Å². The summed E-state index contributed by atoms with van der Waals surface area (Å²) in [6, 6.07) is 9.70. The predicted octanol–water partition coefficient (Wildman–Crippen LogP) is 3.14. The number of carbonyl (C=O) groups excluding carboxylic acids is 1. The van der Waals surface area contributed by atoms with Crippen molar-refractivity contribution in [3.8, 4) is 5.69 Å². The number of carbonyl (C=O) groups is 1. The van der Waals surface area contributed by atoms with Crippen molar-refractivity contribution in [2.24, 2.45) is 0 Å². The molecule has 25 heavy (non-hydrogen) atoms. The summed E-state index contributed by atoms with van der Waals surface area (Å²) in [5, 5.41) is 16.6. The molecule has 1 amide bonds. The lowest BCUT2D eigenvalue weighted by molar-refractivity contribution is 0.102. The van der Waals surface area contributed by atoms with Crippen LogP contribution in [0, 0.1) is 6.92 Å². The second-order valence-corrected chi connectivity index (χ2v) is 6.80. The molecule has 1 saturated heterocycles. The van der Waals surface area contributed by atoms with E-state index in [1.165, 1.54) is 11.3 Å². The molecule has 1 N–H and O–H groups in total. The molecule has 1 atom stereocenters. The van der Waals surface area contributed by atoms with Gasteiger partial charge in [-0.1, -0.05) is 29.5 Å². The lowest BCUT2D eigenvalue weighted by Gasteiger charge is -2.05. The smallest absolute Gasteiger partial charge is 0.260 e. The maximum absolute atomic E-state index is 12.6. The van der Waals surface area contributed by atoms with E-state index in [1.807, 2.05) is 37.3 Å². The zero-order valence-corrected chi connectivity index (χ0v) is 14.5. The van der Waals surface area contributed by atoms with E-state index < -0.39 is 0 Å². The van der Waals surface area contributed by atoms with Crippen LogP contribution in [0.15, 0.2) is 36.5 Å². The van der Waals surface area contributed by atoms with Gasteiger partial charge in [-0.3, -0.25) is 10.1 Å². The van der Waals surface area contributed by atoms with Crippen molar-refractivity contribution in [2.45, 2.75) is 25.9 Å². The topological polar surface area (TPSA) is 81.9 Å². The second-order valence-electron chi connectivity index (χ2n) is 5.79. The molecule has 7 nitrogen and oxygen atoms in total. The summed E-state index contributed by atoms with van der Waals surface area (Å²) < 4.78 is 7.34. The Labute approximate surface area is 148 Å². The molecule has 8 heteroatoms. The van der Waals surface area contributed by atoms with Crippen LogP contribution in [0.5, 0.6) is 0 Å². The monoisotopic (exact) mass is 355 g/mol. The van der Waals surface area contributed by atoms with Gasteiger partial charge in [-0.05, 0) is 31.9 Å². The standard InChI is InChI=1S/C17H17N5O2S/c1-11-13(10-18-22(11)12-6-3-2-4-7-12)15(23)19-17-21-20-16(25-17)14-8-5-9-24-14/h2-4,6-7,10,14H,5,8-9H2,1H3,(H,19,21,23)/t14-/m1/s1. The van der Waals surface area contributed by atoms with Crippen molar-refractivity contribution in [2.75, 3.05) is 11.9 Å². The molecule has 0 radical (unpaired) electrons. The number of rotatable bonds is 4. The molecule has 0 bridgehead atoms. The summed E-state index contributed by atoms with van der Waals surface area (Å²) in [6.07, 6.45) is 3.56. The molecule has 4 rings (SSSR count). The molecule has 3 aromatic rings. The van der Waals surface area contributed by atoms with Crippen LogP contribution in [-0.2, 0) is 4.74 Å². The molecule has 1 aliphatic rings. The fraction of sp³-hybridized carbons (Fsp3) is 0.294. The minimum atomic E-state index is -0.241. The molecule has 128 valence electrons. The number of anilines is 1. The minimum Gasteiger partial charge on any atom is -0.371 e. The minimum absolute atomic E-state index is 0.00530. The number of benzene rings is 1. The van der Waals surface area contributed by atoms with Gasteiger partial charge in [0, 0.05) is 6.61 Å². The van der Waals surface area contributed by atoms with Crippen LogP contribution < -0.4 is 5.32 Å². The summed E-state index contributed by atoms with van der Waals surface area (Å²) in [7, 11) is 0. The van der Waals surface area contributed by atoms with E-state index in [-0.39, 0.29) is 12.0 Å². The van der Waals surface area contributed by atoms with Crippen LogP contribution in [-0.4, -0.2) is 32.5 Å². The van der Waals surface area contributed by atoms with Gasteiger partial charge in [0.25, 0.3) is 5.91 Å². The zero-order chi connectivity index (χ0) is 17.2. The van der Waals surface area contributed by atoms with Gasteiger partial charge in [0.15, 0.2) is 0 Å². The molecule has 2 aromatic heterocycles. The van der Waals surface area contributed by atoms with Crippen molar-refractivity contribution < 1.29 is 9.53 Å². The lowest BCUT2D eigenvalue weighted by atomic mass is 10.2. The SMILES string of the molecule is Cc1c(C(=O)Nc2nnc([C@H]3CCCO3)s2)cnn1-c1ccccc1. The molecule has 0 saturated carbocycles. The van der Waals surface area contributed by atoms with Crippen molar-refractivity contribution in [3.05, 3.63) is 52.8 Å². The Morgan fingerprint density at radius 1 is 1.32 bits per heavy atom. The molecule has 1 aliphatic heterocycles. The molecule has 0 aliphatic carbocycles. The third kappa shape index (κ3) is 3.18. The van der Waals surface area contributed by atoms with Gasteiger partial charge in [0.2, 0.25) is 5.13 Å². The average molecular weight is 355 g/mol. The molecule has 0 spiro atoms. The molecular formula is C17H17N5O2S. The number of nitrogens with zero attached hydrogens (tertiary/aromatic N) is 4. The molecule has 1 fully saturated rings. The first-order valence-electron chi connectivity index (χ1n) is 8.09. The largest absolute Gasteiger partial charge is 0.371 e. The summed E-state index contributed by atoms with van der Waals surface area (Å²) in [4.78, 5) is 12.6. The van der Waals surface area contributed by atoms with Crippen molar-refractivity contribution in [3.63, 3.8) is 0 Å². The fourth-order valence-corrected chi connectivity index (χ4v) is 3.64. The van der Waals surface area contributed by atoms with E-state index in [1.54, 1.807) is 10.9 Å². The first kappa shape index (κ1) is 15.9. The molecule has 3 heterocycles. The highest BCUT2D eigenvalue weighted by atomic mass is 32.1. The van der Waals surface area contributed by atoms with Gasteiger partial charge in [-0.2, -0.15) is 5.10 Å². The maximum atomic E-state index is 12.6. The summed E-state index contributed by atoms with van der Waals surface area (Å²) >= 11 is 1.36. The van der Waals surface area contributed by atoms with Crippen molar-refractivity contribution >= 4 is 22.4 Å². The Morgan fingerprint density at radius 3 is 2.92 bits per heavy atom. The highest BCUT2D eigenvalue weighted by Crippen LogP contribution is 2.32. The van der Waals surface area contributed by atoms with Crippen LogP contribution in [0.3, 0.4) is 0 Å². The number of nitrogens with one attached hydrogen (secondary N) is 1. The second kappa shape index (κ2) is 6.73. The Balaban J connectivity index is 1.51. The van der Waals surface area contributed by atoms with E-state index in [4.69, 9.17) is 4.74 Å². The number of aromatic nitrogens is 4. The van der Waals surface area contributed by atoms with E-state index in [0.717, 1.165) is 35.8 Å². The van der Waals surface area contributed by atoms with Crippen LogP contribution in [0.2, 0.25) is 0 Å². The molecule has 0 unspecified atom stereocenters. The van der Waals surface area contributed by atoms with Gasteiger partial charge < -0.3 is 4.74 Å². The maximum Gasteiger partial charge on any atom is 0.260 e. The third-order valence-electron chi connectivity index (χ3n) is 4.12. The number of amides is 1. The quantitative estimate of drug-likeness (QED) is 0.777. The first-order valence-corrected chi connectivity index (χ1v) is 8.90. The van der Waals surface area contributed by atoms with E-state index in [9.17, 15) is 4.79 Å². The zero-order valence-electron chi connectivity index (χ0n) is 13.7. The highest BCUT2D eigenvalue weighted by molar-refractivity contribution is 7.15. The van der Waals surface area contributed by atoms with E-state index >= 15 is 0 Å². The summed E-state index contributed by atoms with van der Waals surface area (Å²) in [5.74, 6) is -0.241. The van der Waals surface area contributed by atoms with Gasteiger partial charge in [-0.15, -0.1) is 10.2 Å². The predicted molar refractivity (Wildman–Crippen MR) is 94.1 cm³/mol. The fourth-order valence-electron chi connectivity index (χ4n) is 2.81. The number of para-hydroxylation sites is 1. The Kier molecular flexibility index (Phi) is 4.29. The van der Waals surface area contributed by atoms with Crippen LogP contribution >= 0.6 is 11.3 Å². The molecular weight excluding hydrogens is 338 g/mol. The molecule has 1 aromatic carbocycles. The summed E-state index contributed by atoms with van der Waals surface area (Å²) in [6.45, 7) is 2.62. The van der Waals surface area contributed by atoms with E-state index in [2.05, 4.69) is 20.6 Å². The Hall–Kier alpha value is -2.58. The van der Waals surface area contributed by atoms with Gasteiger partial charge in [0.1, 0.15) is 11.1 Å². The highest BCUT2D eigenvalue weighted by Gasteiger charge is 2.23. The van der Waals surface area contributed by atoms with Gasteiger partial charge in [-0.25, -0.2) is 4.68 Å². The number of ether oxygens (including phenoxy) is 1. The van der Waals surface area contributed by atoms with Gasteiger partial charge in [0.05, 0.1) is 23.1 Å².